The molecular formula is C11H12N2O. The van der Waals surface area contributed by atoms with Gasteiger partial charge in [0.25, 0.3) is 0 Å². The molecule has 3 rings (SSSR count). The van der Waals surface area contributed by atoms with Crippen molar-refractivity contribution in [3.63, 3.8) is 0 Å². The summed E-state index contributed by atoms with van der Waals surface area (Å²) >= 11 is 0. The molecule has 2 N–H and O–H groups in total. The van der Waals surface area contributed by atoms with Crippen LogP contribution in [0, 0.1) is 0 Å². The van der Waals surface area contributed by atoms with Crippen LogP contribution < -0.4 is 5.73 Å². The predicted molar refractivity (Wildman–Crippen MR) is 54.0 cm³/mol. The molecule has 0 amide bonds. The molecule has 2 aromatic heterocycles. The Morgan fingerprint density at radius 3 is 3.00 bits per heavy atom. The Kier molecular flexibility index (Phi) is 1.47. The number of hydrogen-bond donors (Lipinski definition) is 1. The third kappa shape index (κ3) is 0.990. The molecule has 1 aliphatic carbocycles. The van der Waals surface area contributed by atoms with Crippen molar-refractivity contribution in [2.75, 3.05) is 6.54 Å². The van der Waals surface area contributed by atoms with Gasteiger partial charge in [0, 0.05) is 29.7 Å². The van der Waals surface area contributed by atoms with Gasteiger partial charge in [-0.25, -0.2) is 0 Å². The van der Waals surface area contributed by atoms with Gasteiger partial charge in [-0.3, -0.25) is 4.98 Å². The maximum absolute atomic E-state index is 5.77. The Labute approximate surface area is 81.9 Å². The summed E-state index contributed by atoms with van der Waals surface area (Å²) in [7, 11) is 0. The van der Waals surface area contributed by atoms with Crippen LogP contribution in [-0.2, 0) is 5.41 Å². The van der Waals surface area contributed by atoms with E-state index in [9.17, 15) is 0 Å². The standard InChI is InChI=1S/C11H12N2O/c12-7-11(2-3-11)10-5-8-6-13-4-1-9(8)14-10/h1,4-6H,2-3,7,12H2. The number of furan rings is 1. The van der Waals surface area contributed by atoms with Crippen molar-refractivity contribution in [3.8, 4) is 0 Å². The minimum atomic E-state index is 0.138. The number of fused-ring (bicyclic) bond motifs is 1. The van der Waals surface area contributed by atoms with Gasteiger partial charge >= 0.3 is 0 Å². The lowest BCUT2D eigenvalue weighted by molar-refractivity contribution is 0.482. The highest BCUT2D eigenvalue weighted by Crippen LogP contribution is 2.48. The van der Waals surface area contributed by atoms with Crippen LogP contribution in [-0.4, -0.2) is 11.5 Å². The monoisotopic (exact) mass is 188 g/mol. The smallest absolute Gasteiger partial charge is 0.137 e. The third-order valence-electron chi connectivity index (χ3n) is 3.08. The van der Waals surface area contributed by atoms with E-state index in [0.717, 1.165) is 29.6 Å². The SMILES string of the molecule is NCC1(c2cc3cnccc3o2)CC1. The van der Waals surface area contributed by atoms with E-state index >= 15 is 0 Å². The van der Waals surface area contributed by atoms with Crippen molar-refractivity contribution < 1.29 is 4.42 Å². The van der Waals surface area contributed by atoms with E-state index in [0.29, 0.717) is 6.54 Å². The maximum Gasteiger partial charge on any atom is 0.137 e. The number of pyridine rings is 1. The van der Waals surface area contributed by atoms with Crippen molar-refractivity contribution in [2.24, 2.45) is 5.73 Å². The molecule has 2 heterocycles. The van der Waals surface area contributed by atoms with Crippen molar-refractivity contribution in [2.45, 2.75) is 18.3 Å². The average molecular weight is 188 g/mol. The zero-order chi connectivity index (χ0) is 9.60. The quantitative estimate of drug-likeness (QED) is 0.782. The number of rotatable bonds is 2. The minimum absolute atomic E-state index is 0.138. The van der Waals surface area contributed by atoms with E-state index in [2.05, 4.69) is 11.1 Å². The van der Waals surface area contributed by atoms with E-state index in [1.165, 1.54) is 0 Å². The number of hydrogen-bond acceptors (Lipinski definition) is 3. The highest BCUT2D eigenvalue weighted by atomic mass is 16.3. The van der Waals surface area contributed by atoms with Crippen LogP contribution in [0.3, 0.4) is 0 Å². The van der Waals surface area contributed by atoms with Crippen molar-refractivity contribution in [1.29, 1.82) is 0 Å². The molecule has 3 heteroatoms. The Morgan fingerprint density at radius 2 is 2.36 bits per heavy atom. The number of aromatic nitrogens is 1. The normalized spacial score (nSPS) is 18.6. The van der Waals surface area contributed by atoms with Crippen LogP contribution in [0.5, 0.6) is 0 Å². The molecule has 0 saturated heterocycles. The lowest BCUT2D eigenvalue weighted by Crippen LogP contribution is -2.18. The summed E-state index contributed by atoms with van der Waals surface area (Å²) in [4.78, 5) is 4.06. The minimum Gasteiger partial charge on any atom is -0.460 e. The van der Waals surface area contributed by atoms with Gasteiger partial charge in [-0.05, 0) is 25.0 Å². The first-order chi connectivity index (χ1) is 6.84. The molecule has 1 aliphatic rings. The zero-order valence-electron chi connectivity index (χ0n) is 7.86. The lowest BCUT2D eigenvalue weighted by atomic mass is 10.0. The first-order valence-corrected chi connectivity index (χ1v) is 4.88. The summed E-state index contributed by atoms with van der Waals surface area (Å²) in [6.07, 6.45) is 5.88. The van der Waals surface area contributed by atoms with Crippen LogP contribution in [0.4, 0.5) is 0 Å². The van der Waals surface area contributed by atoms with Crippen molar-refractivity contribution in [3.05, 3.63) is 30.3 Å². The van der Waals surface area contributed by atoms with E-state index in [1.54, 1.807) is 6.20 Å². The van der Waals surface area contributed by atoms with E-state index < -0.39 is 0 Å². The molecule has 0 aliphatic heterocycles. The number of nitrogens with zero attached hydrogens (tertiary/aromatic N) is 1. The van der Waals surface area contributed by atoms with Gasteiger partial charge in [0.15, 0.2) is 0 Å². The Bertz CT molecular complexity index is 438. The predicted octanol–water partition coefficient (Wildman–Crippen LogP) is 1.82. The fourth-order valence-corrected chi connectivity index (χ4v) is 1.85. The van der Waals surface area contributed by atoms with Crippen LogP contribution in [0.15, 0.2) is 28.9 Å². The molecule has 1 saturated carbocycles. The average Bonchev–Trinajstić information content (AvgIpc) is 2.91. The van der Waals surface area contributed by atoms with Crippen LogP contribution in [0.2, 0.25) is 0 Å². The number of nitrogens with two attached hydrogens (primary N) is 1. The molecule has 2 aromatic rings. The Balaban J connectivity index is 2.15. The maximum atomic E-state index is 5.77. The summed E-state index contributed by atoms with van der Waals surface area (Å²) in [5, 5.41) is 1.07. The molecule has 0 bridgehead atoms. The first-order valence-electron chi connectivity index (χ1n) is 4.88. The van der Waals surface area contributed by atoms with Crippen molar-refractivity contribution >= 4 is 11.0 Å². The zero-order valence-corrected chi connectivity index (χ0v) is 7.86. The second-order valence-electron chi connectivity index (χ2n) is 4.01. The van der Waals surface area contributed by atoms with Crippen LogP contribution in [0.25, 0.3) is 11.0 Å². The lowest BCUT2D eigenvalue weighted by Gasteiger charge is -2.06. The van der Waals surface area contributed by atoms with Crippen LogP contribution in [0.1, 0.15) is 18.6 Å². The van der Waals surface area contributed by atoms with E-state index in [-0.39, 0.29) is 5.41 Å². The summed E-state index contributed by atoms with van der Waals surface area (Å²) in [6.45, 7) is 0.681. The molecule has 0 unspecified atom stereocenters. The molecular weight excluding hydrogens is 176 g/mol. The van der Waals surface area contributed by atoms with Gasteiger partial charge in [-0.1, -0.05) is 0 Å². The molecule has 0 aromatic carbocycles. The fourth-order valence-electron chi connectivity index (χ4n) is 1.85. The Hall–Kier alpha value is -1.35. The second kappa shape index (κ2) is 2.58. The highest BCUT2D eigenvalue weighted by Gasteiger charge is 2.45. The molecule has 0 spiro atoms. The van der Waals surface area contributed by atoms with E-state index in [4.69, 9.17) is 10.2 Å². The molecule has 72 valence electrons. The Morgan fingerprint density at radius 1 is 1.50 bits per heavy atom. The molecule has 14 heavy (non-hydrogen) atoms. The molecule has 0 atom stereocenters. The topological polar surface area (TPSA) is 52.0 Å². The molecule has 1 fully saturated rings. The highest BCUT2D eigenvalue weighted by molar-refractivity contribution is 5.77. The van der Waals surface area contributed by atoms with Crippen LogP contribution >= 0.6 is 0 Å². The second-order valence-corrected chi connectivity index (χ2v) is 4.01. The van der Waals surface area contributed by atoms with E-state index in [1.807, 2.05) is 12.3 Å². The third-order valence-corrected chi connectivity index (χ3v) is 3.08. The van der Waals surface area contributed by atoms with Gasteiger partial charge < -0.3 is 10.2 Å². The fraction of sp³-hybridized carbons (Fsp3) is 0.364. The molecule has 0 radical (unpaired) electrons. The summed E-state index contributed by atoms with van der Waals surface area (Å²) in [5.41, 5.74) is 6.80. The van der Waals surface area contributed by atoms with Gasteiger partial charge in [-0.2, -0.15) is 0 Å². The van der Waals surface area contributed by atoms with Gasteiger partial charge in [0.2, 0.25) is 0 Å². The molecule has 3 nitrogen and oxygen atoms in total. The van der Waals surface area contributed by atoms with Gasteiger partial charge in [0.1, 0.15) is 11.3 Å². The first kappa shape index (κ1) is 8.00. The summed E-state index contributed by atoms with van der Waals surface area (Å²) < 4.78 is 5.77. The summed E-state index contributed by atoms with van der Waals surface area (Å²) in [6, 6.07) is 3.97. The van der Waals surface area contributed by atoms with Gasteiger partial charge in [-0.15, -0.1) is 0 Å². The van der Waals surface area contributed by atoms with Crippen molar-refractivity contribution in [1.82, 2.24) is 4.98 Å². The largest absolute Gasteiger partial charge is 0.460 e. The summed E-state index contributed by atoms with van der Waals surface area (Å²) in [5.74, 6) is 1.03. The van der Waals surface area contributed by atoms with Gasteiger partial charge in [0.05, 0.1) is 0 Å².